The molecule has 0 radical (unpaired) electrons. The molecule has 1 atom stereocenters. The van der Waals surface area contributed by atoms with E-state index in [2.05, 4.69) is 5.32 Å². The van der Waals surface area contributed by atoms with E-state index < -0.39 is 28.5 Å². The molecule has 0 aliphatic heterocycles. The summed E-state index contributed by atoms with van der Waals surface area (Å²) in [6.07, 6.45) is 5.11. The van der Waals surface area contributed by atoms with Crippen molar-refractivity contribution >= 4 is 50.7 Å². The van der Waals surface area contributed by atoms with Crippen LogP contribution in [0.3, 0.4) is 0 Å². The molecule has 2 amide bonds. The predicted molar refractivity (Wildman–Crippen MR) is 196 cm³/mol. The minimum Gasteiger partial charge on any atom is -0.493 e. The number of carbonyl (C=O) groups excluding carboxylic acids is 2. The van der Waals surface area contributed by atoms with Gasteiger partial charge in [0.15, 0.2) is 11.5 Å². The van der Waals surface area contributed by atoms with Crippen LogP contribution in [0.5, 0.6) is 11.5 Å². The Labute approximate surface area is 304 Å². The molecule has 9 nitrogen and oxygen atoms in total. The van der Waals surface area contributed by atoms with Crippen molar-refractivity contribution in [2.75, 3.05) is 25.1 Å². The molecule has 0 spiro atoms. The summed E-state index contributed by atoms with van der Waals surface area (Å²) < 4.78 is 40.6. The van der Waals surface area contributed by atoms with E-state index >= 15 is 0 Å². The first-order valence-corrected chi connectivity index (χ1v) is 18.7. The summed E-state index contributed by atoms with van der Waals surface area (Å²) in [6, 6.07) is 26.0. The molecule has 0 aromatic heterocycles. The lowest BCUT2D eigenvalue weighted by Gasteiger charge is -2.35. The molecule has 1 fully saturated rings. The van der Waals surface area contributed by atoms with Gasteiger partial charge in [0, 0.05) is 35.1 Å². The number of anilines is 1. The number of halogens is 2. The van der Waals surface area contributed by atoms with Crippen molar-refractivity contribution in [1.82, 2.24) is 10.2 Å². The van der Waals surface area contributed by atoms with Gasteiger partial charge in [0.2, 0.25) is 11.8 Å². The third-order valence-corrected chi connectivity index (χ3v) is 11.1. The smallest absolute Gasteiger partial charge is 0.264 e. The molecule has 264 valence electrons. The summed E-state index contributed by atoms with van der Waals surface area (Å²) in [4.78, 5) is 30.3. The third kappa shape index (κ3) is 9.29. The van der Waals surface area contributed by atoms with E-state index in [9.17, 15) is 18.0 Å². The largest absolute Gasteiger partial charge is 0.493 e. The highest BCUT2D eigenvalue weighted by Crippen LogP contribution is 2.33. The first-order chi connectivity index (χ1) is 24.1. The highest BCUT2D eigenvalue weighted by molar-refractivity contribution is 7.92. The summed E-state index contributed by atoms with van der Waals surface area (Å²) in [5, 5.41) is 4.14. The van der Waals surface area contributed by atoms with E-state index in [1.807, 2.05) is 30.3 Å². The van der Waals surface area contributed by atoms with Crippen LogP contribution in [0.4, 0.5) is 5.69 Å². The Balaban J connectivity index is 1.57. The van der Waals surface area contributed by atoms with E-state index in [0.29, 0.717) is 15.8 Å². The topological polar surface area (TPSA) is 105 Å². The lowest BCUT2D eigenvalue weighted by molar-refractivity contribution is -0.140. The van der Waals surface area contributed by atoms with Gasteiger partial charge in [-0.1, -0.05) is 84.9 Å². The first-order valence-electron chi connectivity index (χ1n) is 16.5. The van der Waals surface area contributed by atoms with Crippen LogP contribution in [-0.4, -0.2) is 58.0 Å². The summed E-state index contributed by atoms with van der Waals surface area (Å²) in [6.45, 7) is -0.565. The molecule has 1 saturated carbocycles. The molecule has 1 N–H and O–H groups in total. The van der Waals surface area contributed by atoms with Crippen LogP contribution >= 0.6 is 23.2 Å². The maximum absolute atomic E-state index is 14.7. The van der Waals surface area contributed by atoms with Crippen molar-refractivity contribution < 1.29 is 27.5 Å². The van der Waals surface area contributed by atoms with Gasteiger partial charge in [-0.25, -0.2) is 8.42 Å². The minimum atomic E-state index is -4.37. The average molecular weight is 739 g/mol. The zero-order valence-corrected chi connectivity index (χ0v) is 30.4. The highest BCUT2D eigenvalue weighted by atomic mass is 35.5. The molecular formula is C38H41Cl2N3O6S. The number of rotatable bonds is 14. The maximum atomic E-state index is 14.7. The van der Waals surface area contributed by atoms with Gasteiger partial charge < -0.3 is 19.7 Å². The molecule has 4 aromatic rings. The lowest BCUT2D eigenvalue weighted by Crippen LogP contribution is -2.55. The van der Waals surface area contributed by atoms with Crippen LogP contribution in [-0.2, 0) is 32.6 Å². The van der Waals surface area contributed by atoms with Crippen LogP contribution < -0.4 is 19.1 Å². The average Bonchev–Trinajstić information content (AvgIpc) is 3.13. The Morgan fingerprint density at radius 3 is 2.04 bits per heavy atom. The molecule has 0 saturated heterocycles. The van der Waals surface area contributed by atoms with Crippen molar-refractivity contribution in [1.29, 1.82) is 0 Å². The fraction of sp³-hybridized carbons (Fsp3) is 0.316. The van der Waals surface area contributed by atoms with Gasteiger partial charge in [0.25, 0.3) is 10.0 Å². The molecule has 1 aliphatic rings. The van der Waals surface area contributed by atoms with Gasteiger partial charge in [-0.05, 0) is 72.5 Å². The van der Waals surface area contributed by atoms with E-state index in [1.165, 1.54) is 49.5 Å². The van der Waals surface area contributed by atoms with E-state index in [1.54, 1.807) is 36.4 Å². The minimum absolute atomic E-state index is 0.00185. The molecule has 0 heterocycles. The number of ether oxygens (including phenoxy) is 2. The first kappa shape index (κ1) is 37.0. The maximum Gasteiger partial charge on any atom is 0.264 e. The van der Waals surface area contributed by atoms with Crippen LogP contribution in [0, 0.1) is 0 Å². The molecule has 4 aromatic carbocycles. The number of methoxy groups -OCH3 is 2. The highest BCUT2D eigenvalue weighted by Gasteiger charge is 2.35. The Bertz CT molecular complexity index is 1850. The fourth-order valence-corrected chi connectivity index (χ4v) is 7.81. The second-order valence-corrected chi connectivity index (χ2v) is 14.9. The number of hydrogen-bond donors (Lipinski definition) is 1. The van der Waals surface area contributed by atoms with E-state index in [0.717, 1.165) is 47.5 Å². The summed E-state index contributed by atoms with van der Waals surface area (Å²) >= 11 is 12.4. The second kappa shape index (κ2) is 17.1. The van der Waals surface area contributed by atoms with Crippen LogP contribution in [0.15, 0.2) is 102 Å². The fourth-order valence-electron chi connectivity index (χ4n) is 6.13. The lowest BCUT2D eigenvalue weighted by atomic mass is 9.94. The molecule has 5 rings (SSSR count). The monoisotopic (exact) mass is 737 g/mol. The van der Waals surface area contributed by atoms with Gasteiger partial charge in [-0.3, -0.25) is 13.9 Å². The van der Waals surface area contributed by atoms with E-state index in [-0.39, 0.29) is 41.2 Å². The summed E-state index contributed by atoms with van der Waals surface area (Å²) in [7, 11) is -1.50. The Morgan fingerprint density at radius 2 is 1.42 bits per heavy atom. The number of carbonyl (C=O) groups is 2. The van der Waals surface area contributed by atoms with Crippen molar-refractivity contribution in [2.45, 2.75) is 62.0 Å². The number of hydrogen-bond acceptors (Lipinski definition) is 6. The Hall–Kier alpha value is -4.25. The van der Waals surface area contributed by atoms with Gasteiger partial charge in [0.05, 0.1) is 24.8 Å². The predicted octanol–water partition coefficient (Wildman–Crippen LogP) is 7.29. The molecule has 0 bridgehead atoms. The van der Waals surface area contributed by atoms with Gasteiger partial charge in [-0.2, -0.15) is 0 Å². The second-order valence-electron chi connectivity index (χ2n) is 12.2. The van der Waals surface area contributed by atoms with Gasteiger partial charge in [-0.15, -0.1) is 0 Å². The number of nitrogens with zero attached hydrogens (tertiary/aromatic N) is 2. The Kier molecular flexibility index (Phi) is 12.7. The summed E-state index contributed by atoms with van der Waals surface area (Å²) in [5.41, 5.74) is 1.81. The standard InChI is InChI=1S/C38H41Cl2N3O6S/c1-48-35-22-21-33(24-36(35)49-2)50(46,47)43(32-19-17-30(40)18-20-32)26-37(44)42(25-28-13-15-29(39)16-14-28)34(23-27-9-5-3-6-10-27)38(45)41-31-11-7-4-8-12-31/h3,5-6,9-10,13-22,24,31,34H,4,7-8,11-12,23,25-26H2,1-2H3,(H,41,45)/t34-/m0/s1. The van der Waals surface area contributed by atoms with Crippen molar-refractivity contribution in [2.24, 2.45) is 0 Å². The van der Waals surface area contributed by atoms with Crippen molar-refractivity contribution in [3.05, 3.63) is 118 Å². The number of amides is 2. The molecular weight excluding hydrogens is 697 g/mol. The van der Waals surface area contributed by atoms with Crippen LogP contribution in [0.25, 0.3) is 0 Å². The zero-order valence-electron chi connectivity index (χ0n) is 28.1. The quantitative estimate of drug-likeness (QED) is 0.146. The van der Waals surface area contributed by atoms with Crippen LogP contribution in [0.2, 0.25) is 10.0 Å². The Morgan fingerprint density at radius 1 is 0.800 bits per heavy atom. The SMILES string of the molecule is COc1ccc(S(=O)(=O)N(CC(=O)N(Cc2ccc(Cl)cc2)[C@@H](Cc2ccccc2)C(=O)NC2CCCCC2)c2ccc(Cl)cc2)cc1OC. The van der Waals surface area contributed by atoms with Crippen molar-refractivity contribution in [3.8, 4) is 11.5 Å². The van der Waals surface area contributed by atoms with Crippen LogP contribution in [0.1, 0.15) is 43.2 Å². The third-order valence-electron chi connectivity index (χ3n) is 8.83. The molecule has 50 heavy (non-hydrogen) atoms. The summed E-state index contributed by atoms with van der Waals surface area (Å²) in [5.74, 6) is -0.299. The van der Waals surface area contributed by atoms with Gasteiger partial charge in [0.1, 0.15) is 12.6 Å². The normalized spacial score (nSPS) is 14.0. The molecule has 0 unspecified atom stereocenters. The van der Waals surface area contributed by atoms with Crippen molar-refractivity contribution in [3.63, 3.8) is 0 Å². The van der Waals surface area contributed by atoms with Gasteiger partial charge >= 0.3 is 0 Å². The van der Waals surface area contributed by atoms with E-state index in [4.69, 9.17) is 32.7 Å². The zero-order chi connectivity index (χ0) is 35.7. The number of sulfonamides is 1. The molecule has 12 heteroatoms. The molecule has 1 aliphatic carbocycles. The number of benzene rings is 4. The number of nitrogens with one attached hydrogen (secondary N) is 1.